The Morgan fingerprint density at radius 1 is 1.17 bits per heavy atom. The van der Waals surface area contributed by atoms with Crippen LogP contribution in [0.2, 0.25) is 5.02 Å². The highest BCUT2D eigenvalue weighted by Crippen LogP contribution is 2.44. The van der Waals surface area contributed by atoms with E-state index in [1.165, 1.54) is 0 Å². The Labute approximate surface area is 146 Å². The van der Waals surface area contributed by atoms with Crippen molar-refractivity contribution in [1.29, 1.82) is 5.26 Å². The Bertz CT molecular complexity index is 835. The predicted octanol–water partition coefficient (Wildman–Crippen LogP) is 5.09. The largest absolute Gasteiger partial charge is 0.482 e. The van der Waals surface area contributed by atoms with E-state index >= 15 is 0 Å². The zero-order valence-electron chi connectivity index (χ0n) is 12.7. The van der Waals surface area contributed by atoms with E-state index in [9.17, 15) is 5.26 Å². The fourth-order valence-corrected chi connectivity index (χ4v) is 3.02. The van der Waals surface area contributed by atoms with Crippen LogP contribution in [-0.2, 0) is 0 Å². The van der Waals surface area contributed by atoms with Gasteiger partial charge in [-0.2, -0.15) is 5.26 Å². The molecule has 0 saturated carbocycles. The number of nitriles is 1. The zero-order valence-corrected chi connectivity index (χ0v) is 14.4. The van der Waals surface area contributed by atoms with Gasteiger partial charge in [-0.15, -0.1) is 0 Å². The van der Waals surface area contributed by atoms with Gasteiger partial charge in [-0.3, -0.25) is 0 Å². The molecule has 1 aliphatic heterocycles. The second kappa shape index (κ2) is 5.84. The Hall–Kier alpha value is -2.09. The lowest BCUT2D eigenvalue weighted by Crippen LogP contribution is -2.34. The molecular weight excluding hydrogens is 328 g/mol. The smallest absolute Gasteiger partial charge is 0.139 e. The molecule has 0 radical (unpaired) electrons. The number of hydrogen-bond acceptors (Lipinski definition) is 4. The monoisotopic (exact) mass is 342 g/mol. The predicted molar refractivity (Wildman–Crippen MR) is 96.8 cm³/mol. The molecule has 3 nitrogen and oxygen atoms in total. The summed E-state index contributed by atoms with van der Waals surface area (Å²) < 4.78 is 8.87. The van der Waals surface area contributed by atoms with Crippen molar-refractivity contribution in [2.75, 3.05) is 4.72 Å². The molecule has 5 heteroatoms. The minimum atomic E-state index is -0.716. The second-order valence-corrected chi connectivity index (χ2v) is 6.46. The van der Waals surface area contributed by atoms with Gasteiger partial charge in [0.25, 0.3) is 0 Å². The van der Waals surface area contributed by atoms with Crippen molar-refractivity contribution in [3.05, 3.63) is 64.2 Å². The van der Waals surface area contributed by atoms with Crippen molar-refractivity contribution in [1.82, 2.24) is 0 Å². The van der Waals surface area contributed by atoms with Gasteiger partial charge in [0.2, 0.25) is 0 Å². The molecule has 0 aliphatic carbocycles. The molecule has 2 aromatic rings. The minimum Gasteiger partial charge on any atom is -0.482 e. The summed E-state index contributed by atoms with van der Waals surface area (Å²) in [5.41, 5.74) is 3.41. The molecule has 0 saturated heterocycles. The van der Waals surface area contributed by atoms with Gasteiger partial charge in [0.15, 0.2) is 0 Å². The highest BCUT2D eigenvalue weighted by molar-refractivity contribution is 7.81. The van der Waals surface area contributed by atoms with Crippen LogP contribution in [0.5, 0.6) is 5.75 Å². The lowest BCUT2D eigenvalue weighted by molar-refractivity contribution is 0.149. The first-order chi connectivity index (χ1) is 11.0. The van der Waals surface area contributed by atoms with Gasteiger partial charge < -0.3 is 9.46 Å². The van der Waals surface area contributed by atoms with Crippen LogP contribution in [0.1, 0.15) is 25.0 Å². The number of benzene rings is 2. The van der Waals surface area contributed by atoms with Gasteiger partial charge in [-0.25, -0.2) is 0 Å². The van der Waals surface area contributed by atoms with Crippen molar-refractivity contribution in [2.24, 2.45) is 0 Å². The first-order valence-electron chi connectivity index (χ1n) is 7.10. The number of rotatable bonds is 2. The molecule has 1 aliphatic rings. The number of ether oxygens (including phenoxy) is 1. The lowest BCUT2D eigenvalue weighted by atomic mass is 9.83. The van der Waals surface area contributed by atoms with Gasteiger partial charge in [-0.1, -0.05) is 36.5 Å². The number of nitrogens with zero attached hydrogens (tertiary/aromatic N) is 1. The van der Waals surface area contributed by atoms with Crippen molar-refractivity contribution >= 4 is 35.7 Å². The topological polar surface area (TPSA) is 45.0 Å². The fourth-order valence-electron chi connectivity index (χ4n) is 2.75. The van der Waals surface area contributed by atoms with E-state index in [-0.39, 0.29) is 0 Å². The Kier molecular flexibility index (Phi) is 4.01. The molecule has 2 aromatic carbocycles. The summed E-state index contributed by atoms with van der Waals surface area (Å²) in [5, 5.41) is 10.4. The SMILES string of the molecule is CC1(C)Oc2cc(NS)ccc2C(c2ccc(Cl)cc2)=C1C#N. The number of anilines is 1. The van der Waals surface area contributed by atoms with Crippen molar-refractivity contribution < 1.29 is 4.74 Å². The van der Waals surface area contributed by atoms with Gasteiger partial charge >= 0.3 is 0 Å². The van der Waals surface area contributed by atoms with E-state index in [4.69, 9.17) is 16.3 Å². The molecule has 3 rings (SSSR count). The van der Waals surface area contributed by atoms with Gasteiger partial charge in [-0.05, 0) is 43.7 Å². The molecule has 0 bridgehead atoms. The van der Waals surface area contributed by atoms with E-state index in [1.807, 2.05) is 56.3 Å². The van der Waals surface area contributed by atoms with Crippen LogP contribution in [-0.4, -0.2) is 5.60 Å². The fraction of sp³-hybridized carbons (Fsp3) is 0.167. The maximum absolute atomic E-state index is 9.70. The summed E-state index contributed by atoms with van der Waals surface area (Å²) in [4.78, 5) is 0. The summed E-state index contributed by atoms with van der Waals surface area (Å²) in [6, 6.07) is 15.5. The molecule has 23 heavy (non-hydrogen) atoms. The Morgan fingerprint density at radius 2 is 1.87 bits per heavy atom. The number of thiol groups is 1. The number of fused-ring (bicyclic) bond motifs is 1. The van der Waals surface area contributed by atoms with E-state index in [1.54, 1.807) is 0 Å². The lowest BCUT2D eigenvalue weighted by Gasteiger charge is -2.34. The summed E-state index contributed by atoms with van der Waals surface area (Å²) in [6.45, 7) is 3.79. The van der Waals surface area contributed by atoms with E-state index in [2.05, 4.69) is 23.6 Å². The molecule has 0 amide bonds. The van der Waals surface area contributed by atoms with Gasteiger partial charge in [0.1, 0.15) is 11.4 Å². The summed E-state index contributed by atoms with van der Waals surface area (Å²) in [6.07, 6.45) is 0. The third kappa shape index (κ3) is 2.78. The van der Waals surface area contributed by atoms with Crippen molar-refractivity contribution in [3.63, 3.8) is 0 Å². The molecule has 0 aromatic heterocycles. The first kappa shape index (κ1) is 15.8. The van der Waals surface area contributed by atoms with Crippen LogP contribution in [0.25, 0.3) is 5.57 Å². The summed E-state index contributed by atoms with van der Waals surface area (Å²) in [7, 11) is 0. The molecule has 116 valence electrons. The van der Waals surface area contributed by atoms with Gasteiger partial charge in [0, 0.05) is 27.9 Å². The molecule has 0 spiro atoms. The number of hydrogen-bond donors (Lipinski definition) is 2. The summed E-state index contributed by atoms with van der Waals surface area (Å²) in [5.74, 6) is 0.720. The van der Waals surface area contributed by atoms with Crippen LogP contribution >= 0.6 is 24.4 Å². The molecule has 1 N–H and O–H groups in total. The molecule has 0 fully saturated rings. The first-order valence-corrected chi connectivity index (χ1v) is 7.93. The Balaban J connectivity index is 2.29. The zero-order chi connectivity index (χ0) is 16.6. The summed E-state index contributed by atoms with van der Waals surface area (Å²) >= 11 is 10.1. The number of halogens is 1. The maximum atomic E-state index is 9.70. The molecule has 0 unspecified atom stereocenters. The quantitative estimate of drug-likeness (QED) is 0.747. The van der Waals surface area contributed by atoms with E-state index in [0.717, 1.165) is 28.1 Å². The Morgan fingerprint density at radius 3 is 2.48 bits per heavy atom. The van der Waals surface area contributed by atoms with Crippen LogP contribution in [0.4, 0.5) is 5.69 Å². The van der Waals surface area contributed by atoms with E-state index in [0.29, 0.717) is 10.6 Å². The molecular formula is C18H15ClN2OS. The van der Waals surface area contributed by atoms with E-state index < -0.39 is 5.60 Å². The third-order valence-corrected chi connectivity index (χ3v) is 4.35. The average Bonchev–Trinajstić information content (AvgIpc) is 2.53. The molecule has 1 heterocycles. The third-order valence-electron chi connectivity index (χ3n) is 3.84. The van der Waals surface area contributed by atoms with Gasteiger partial charge in [0.05, 0.1) is 11.6 Å². The highest BCUT2D eigenvalue weighted by Gasteiger charge is 2.35. The second-order valence-electron chi connectivity index (χ2n) is 5.80. The highest BCUT2D eigenvalue weighted by atomic mass is 35.5. The van der Waals surface area contributed by atoms with Crippen molar-refractivity contribution in [2.45, 2.75) is 19.4 Å². The molecule has 0 atom stereocenters. The number of nitrogens with one attached hydrogen (secondary N) is 1. The van der Waals surface area contributed by atoms with Crippen molar-refractivity contribution in [3.8, 4) is 11.8 Å². The minimum absolute atomic E-state index is 0.596. The average molecular weight is 343 g/mol. The van der Waals surface area contributed by atoms with Crippen LogP contribution in [0, 0.1) is 11.3 Å². The van der Waals surface area contributed by atoms with Crippen LogP contribution in [0.3, 0.4) is 0 Å². The maximum Gasteiger partial charge on any atom is 0.139 e. The normalized spacial score (nSPS) is 15.4. The standard InChI is InChI=1S/C18H15ClN2OS/c1-18(2)15(10-20)17(11-3-5-12(19)6-4-11)14-8-7-13(21-23)9-16(14)22-18/h3-9,21,23H,1-2H3. The van der Waals surface area contributed by atoms with Crippen LogP contribution < -0.4 is 9.46 Å². The van der Waals surface area contributed by atoms with Crippen LogP contribution in [0.15, 0.2) is 48.0 Å².